The molecule has 2 aromatic rings. The molecule has 1 aliphatic rings. The van der Waals surface area contributed by atoms with E-state index in [1.807, 2.05) is 0 Å². The van der Waals surface area contributed by atoms with Gasteiger partial charge in [0.15, 0.2) is 15.6 Å². The summed E-state index contributed by atoms with van der Waals surface area (Å²) in [5.41, 5.74) is 2.29. The van der Waals surface area contributed by atoms with Gasteiger partial charge in [-0.25, -0.2) is 8.42 Å². The molecule has 0 radical (unpaired) electrons. The second-order valence-corrected chi connectivity index (χ2v) is 7.07. The Morgan fingerprint density at radius 3 is 2.65 bits per heavy atom. The summed E-state index contributed by atoms with van der Waals surface area (Å²) in [7, 11) is -1.84. The van der Waals surface area contributed by atoms with Crippen LogP contribution in [0.3, 0.4) is 0 Å². The molecule has 0 saturated heterocycles. The van der Waals surface area contributed by atoms with Crippen LogP contribution in [-0.2, 0) is 16.3 Å². The second kappa shape index (κ2) is 4.34. The zero-order chi connectivity index (χ0) is 14.5. The predicted octanol–water partition coefficient (Wildman–Crippen LogP) is 1.87. The molecule has 2 aromatic heterocycles. The Labute approximate surface area is 117 Å². The number of aryl methyl sites for hydroxylation is 1. The molecule has 0 fully saturated rings. The van der Waals surface area contributed by atoms with Crippen LogP contribution in [0.4, 0.5) is 0 Å². The van der Waals surface area contributed by atoms with Crippen molar-refractivity contribution in [3.63, 3.8) is 0 Å². The number of pyridine rings is 1. The van der Waals surface area contributed by atoms with Crippen LogP contribution in [0.25, 0.3) is 5.52 Å². The molecule has 0 N–H and O–H groups in total. The topological polar surface area (TPSA) is 64.8 Å². The third kappa shape index (κ3) is 1.91. The average molecular weight is 293 g/mol. The van der Waals surface area contributed by atoms with E-state index in [0.29, 0.717) is 17.7 Å². The van der Waals surface area contributed by atoms with Crippen LogP contribution in [0.15, 0.2) is 23.2 Å². The van der Waals surface area contributed by atoms with Gasteiger partial charge in [0, 0.05) is 36.2 Å². The Morgan fingerprint density at radius 1 is 1.25 bits per heavy atom. The molecule has 0 atom stereocenters. The van der Waals surface area contributed by atoms with Crippen molar-refractivity contribution in [1.29, 1.82) is 0 Å². The molecule has 0 bridgehead atoms. The number of sulfone groups is 1. The molecule has 0 spiro atoms. The van der Waals surface area contributed by atoms with Crippen LogP contribution in [0, 0.1) is 0 Å². The third-order valence-corrected chi connectivity index (χ3v) is 4.77. The molecule has 6 heteroatoms. The van der Waals surface area contributed by atoms with Crippen molar-refractivity contribution in [3.05, 3.63) is 29.6 Å². The van der Waals surface area contributed by atoms with E-state index in [0.717, 1.165) is 30.3 Å². The molecule has 0 saturated carbocycles. The number of carbonyl (C=O) groups excluding carboxylic acids is 1. The van der Waals surface area contributed by atoms with Crippen LogP contribution < -0.4 is 4.74 Å². The molecule has 5 nitrogen and oxygen atoms in total. The van der Waals surface area contributed by atoms with Crippen LogP contribution in [0.1, 0.15) is 28.9 Å². The van der Waals surface area contributed by atoms with Gasteiger partial charge in [-0.3, -0.25) is 4.79 Å². The molecule has 20 heavy (non-hydrogen) atoms. The van der Waals surface area contributed by atoms with E-state index in [1.165, 1.54) is 13.2 Å². The molecular weight excluding hydrogens is 278 g/mol. The minimum Gasteiger partial charge on any atom is -0.495 e. The molecule has 0 aliphatic heterocycles. The minimum absolute atomic E-state index is 0.109. The number of rotatable bonds is 2. The number of fused-ring (bicyclic) bond motifs is 3. The summed E-state index contributed by atoms with van der Waals surface area (Å²) < 4.78 is 30.6. The van der Waals surface area contributed by atoms with Crippen molar-refractivity contribution < 1.29 is 17.9 Å². The van der Waals surface area contributed by atoms with Gasteiger partial charge in [-0.15, -0.1) is 0 Å². The Morgan fingerprint density at radius 2 is 2.00 bits per heavy atom. The third-order valence-electron chi connectivity index (χ3n) is 3.69. The standard InChI is InChI=1S/C14H15NO4S/c1-19-14-6-9(20(2,17)18)8-15-11-4-3-5-13(16)10(11)7-12(14)15/h6-8H,3-5H2,1-2H3. The maximum atomic E-state index is 12.0. The predicted molar refractivity (Wildman–Crippen MR) is 74.3 cm³/mol. The number of hydrogen-bond donors (Lipinski definition) is 0. The largest absolute Gasteiger partial charge is 0.495 e. The van der Waals surface area contributed by atoms with Gasteiger partial charge in [0.1, 0.15) is 5.75 Å². The zero-order valence-corrected chi connectivity index (χ0v) is 12.2. The smallest absolute Gasteiger partial charge is 0.177 e. The lowest BCUT2D eigenvalue weighted by molar-refractivity contribution is 0.0972. The number of nitrogens with zero attached hydrogens (tertiary/aromatic N) is 1. The van der Waals surface area contributed by atoms with Crippen LogP contribution in [0.2, 0.25) is 0 Å². The summed E-state index contributed by atoms with van der Waals surface area (Å²) in [6, 6.07) is 3.29. The SMILES string of the molecule is COc1cc(S(C)(=O)=O)cn2c3c(cc12)C(=O)CCC3. The Balaban J connectivity index is 2.39. The highest BCUT2D eigenvalue weighted by atomic mass is 32.2. The number of ketones is 1. The van der Waals surface area contributed by atoms with Gasteiger partial charge in [-0.05, 0) is 18.9 Å². The monoisotopic (exact) mass is 293 g/mol. The molecule has 106 valence electrons. The normalized spacial score (nSPS) is 15.4. The van der Waals surface area contributed by atoms with Gasteiger partial charge in [0.05, 0.1) is 17.5 Å². The summed E-state index contributed by atoms with van der Waals surface area (Å²) in [4.78, 5) is 12.2. The first-order chi connectivity index (χ1) is 9.41. The number of carbonyl (C=O) groups is 1. The fraction of sp³-hybridized carbons (Fsp3) is 0.357. The van der Waals surface area contributed by atoms with Crippen LogP contribution >= 0.6 is 0 Å². The van der Waals surface area contributed by atoms with Gasteiger partial charge < -0.3 is 9.14 Å². The number of hydrogen-bond acceptors (Lipinski definition) is 4. The lowest BCUT2D eigenvalue weighted by Gasteiger charge is -2.12. The lowest BCUT2D eigenvalue weighted by Crippen LogP contribution is -2.11. The Hall–Kier alpha value is -1.82. The lowest BCUT2D eigenvalue weighted by atomic mass is 9.97. The van der Waals surface area contributed by atoms with Crippen molar-refractivity contribution in [1.82, 2.24) is 4.40 Å². The quantitative estimate of drug-likeness (QED) is 0.848. The fourth-order valence-corrected chi connectivity index (χ4v) is 3.30. The molecule has 0 aromatic carbocycles. The first-order valence-electron chi connectivity index (χ1n) is 6.37. The van der Waals surface area contributed by atoms with E-state index in [-0.39, 0.29) is 10.7 Å². The maximum Gasteiger partial charge on any atom is 0.177 e. The highest BCUT2D eigenvalue weighted by Gasteiger charge is 2.24. The highest BCUT2D eigenvalue weighted by Crippen LogP contribution is 2.32. The fourth-order valence-electron chi connectivity index (χ4n) is 2.68. The zero-order valence-electron chi connectivity index (χ0n) is 11.3. The van der Waals surface area contributed by atoms with Crippen LogP contribution in [0.5, 0.6) is 5.75 Å². The first-order valence-corrected chi connectivity index (χ1v) is 8.26. The number of Topliss-reactive ketones (excluding diaryl/α,β-unsaturated/α-hetero) is 1. The average Bonchev–Trinajstić information content (AvgIpc) is 2.77. The van der Waals surface area contributed by atoms with Crippen molar-refractivity contribution in [2.45, 2.75) is 24.2 Å². The van der Waals surface area contributed by atoms with E-state index in [9.17, 15) is 13.2 Å². The number of methoxy groups -OCH3 is 1. The minimum atomic E-state index is -3.33. The Kier molecular flexibility index (Phi) is 2.86. The van der Waals surface area contributed by atoms with Gasteiger partial charge in [-0.1, -0.05) is 0 Å². The Bertz CT molecular complexity index is 817. The van der Waals surface area contributed by atoms with Gasteiger partial charge >= 0.3 is 0 Å². The molecular formula is C14H15NO4S. The maximum absolute atomic E-state index is 12.0. The van der Waals surface area contributed by atoms with E-state index in [2.05, 4.69) is 0 Å². The van der Waals surface area contributed by atoms with E-state index < -0.39 is 9.84 Å². The van der Waals surface area contributed by atoms with E-state index in [4.69, 9.17) is 4.74 Å². The summed E-state index contributed by atoms with van der Waals surface area (Å²) in [5, 5.41) is 0. The van der Waals surface area contributed by atoms with Gasteiger partial charge in [0.25, 0.3) is 0 Å². The van der Waals surface area contributed by atoms with Gasteiger partial charge in [0.2, 0.25) is 0 Å². The summed E-state index contributed by atoms with van der Waals surface area (Å²) >= 11 is 0. The van der Waals surface area contributed by atoms with Gasteiger partial charge in [-0.2, -0.15) is 0 Å². The summed E-state index contributed by atoms with van der Waals surface area (Å²) in [6.45, 7) is 0. The molecule has 3 rings (SSSR count). The van der Waals surface area contributed by atoms with Crippen molar-refractivity contribution in [2.24, 2.45) is 0 Å². The van der Waals surface area contributed by atoms with Crippen molar-refractivity contribution in [3.8, 4) is 5.75 Å². The number of aromatic nitrogens is 1. The molecule has 2 heterocycles. The van der Waals surface area contributed by atoms with Crippen molar-refractivity contribution >= 4 is 21.1 Å². The molecule has 1 aliphatic carbocycles. The van der Waals surface area contributed by atoms with E-state index >= 15 is 0 Å². The summed E-state index contributed by atoms with van der Waals surface area (Å²) in [6.07, 6.45) is 4.85. The van der Waals surface area contributed by atoms with Crippen molar-refractivity contribution in [2.75, 3.05) is 13.4 Å². The summed E-state index contributed by atoms with van der Waals surface area (Å²) in [5.74, 6) is 0.577. The highest BCUT2D eigenvalue weighted by molar-refractivity contribution is 7.90. The molecule has 0 amide bonds. The van der Waals surface area contributed by atoms with E-state index in [1.54, 1.807) is 16.7 Å². The first kappa shape index (κ1) is 13.2. The van der Waals surface area contributed by atoms with Crippen LogP contribution in [-0.4, -0.2) is 32.0 Å². The second-order valence-electron chi connectivity index (χ2n) is 5.05. The number of ether oxygens (including phenoxy) is 1. The molecule has 0 unspecified atom stereocenters.